The van der Waals surface area contributed by atoms with Gasteiger partial charge in [0.25, 0.3) is 0 Å². The Labute approximate surface area is 167 Å². The van der Waals surface area contributed by atoms with Crippen LogP contribution in [0.1, 0.15) is 26.5 Å². The van der Waals surface area contributed by atoms with Crippen molar-refractivity contribution < 1.29 is 13.9 Å². The molecule has 1 aromatic rings. The average Bonchev–Trinajstić information content (AvgIpc) is 3.06. The first kappa shape index (κ1) is 23.7. The van der Waals surface area contributed by atoms with Gasteiger partial charge in [0.1, 0.15) is 5.76 Å². The van der Waals surface area contributed by atoms with Gasteiger partial charge in [-0.3, -0.25) is 9.79 Å². The number of furan rings is 1. The topological polar surface area (TPSA) is 87.9 Å². The minimum Gasteiger partial charge on any atom is -0.469 e. The molecule has 0 radical (unpaired) electrons. The molecule has 0 aliphatic heterocycles. The molecule has 0 fully saturated rings. The second kappa shape index (κ2) is 13.0. The molecule has 0 atom stereocenters. The molecule has 0 aromatic carbocycles. The summed E-state index contributed by atoms with van der Waals surface area (Å²) in [4.78, 5) is 16.6. The predicted molar refractivity (Wildman–Crippen MR) is 110 cm³/mol. The van der Waals surface area contributed by atoms with E-state index in [0.29, 0.717) is 38.7 Å². The van der Waals surface area contributed by atoms with Crippen molar-refractivity contribution in [2.24, 2.45) is 10.4 Å². The van der Waals surface area contributed by atoms with Crippen LogP contribution in [0.2, 0.25) is 0 Å². The Hall–Kier alpha value is -1.29. The van der Waals surface area contributed by atoms with Crippen molar-refractivity contribution >= 4 is 35.8 Å². The quantitative estimate of drug-likeness (QED) is 0.212. The van der Waals surface area contributed by atoms with Gasteiger partial charge in [0, 0.05) is 33.2 Å². The Bertz CT molecular complexity index is 504. The number of aliphatic imine (C=N–C) groups is 1. The number of nitrogens with one attached hydrogen (secondary N) is 3. The minimum absolute atomic E-state index is 0. The molecule has 8 heteroatoms. The zero-order chi connectivity index (χ0) is 17.8. The Morgan fingerprint density at radius 2 is 2.00 bits per heavy atom. The smallest absolute Gasteiger partial charge is 0.227 e. The molecule has 0 aliphatic carbocycles. The van der Waals surface area contributed by atoms with Crippen LogP contribution >= 0.6 is 24.0 Å². The number of halogens is 1. The van der Waals surface area contributed by atoms with Gasteiger partial charge in [-0.2, -0.15) is 0 Å². The fourth-order valence-corrected chi connectivity index (χ4v) is 1.95. The van der Waals surface area contributed by atoms with Crippen molar-refractivity contribution in [3.63, 3.8) is 0 Å². The lowest BCUT2D eigenvalue weighted by Gasteiger charge is -2.22. The van der Waals surface area contributed by atoms with E-state index in [1.165, 1.54) is 0 Å². The molecular weight excluding hydrogens is 435 g/mol. The van der Waals surface area contributed by atoms with Crippen molar-refractivity contribution in [2.45, 2.75) is 27.2 Å². The molecule has 3 N–H and O–H groups in total. The molecule has 1 rings (SSSR count). The van der Waals surface area contributed by atoms with E-state index in [4.69, 9.17) is 9.15 Å². The number of guanidine groups is 1. The summed E-state index contributed by atoms with van der Waals surface area (Å²) in [5.74, 6) is 1.58. The normalized spacial score (nSPS) is 11.6. The molecule has 0 unspecified atom stereocenters. The predicted octanol–water partition coefficient (Wildman–Crippen LogP) is 1.78. The molecule has 1 aromatic heterocycles. The Morgan fingerprint density at radius 1 is 1.28 bits per heavy atom. The number of rotatable bonds is 10. The molecular formula is C17H31IN4O3. The molecule has 0 spiro atoms. The fourth-order valence-electron chi connectivity index (χ4n) is 1.95. The van der Waals surface area contributed by atoms with E-state index in [1.54, 1.807) is 13.4 Å². The Morgan fingerprint density at radius 3 is 2.60 bits per heavy atom. The zero-order valence-electron chi connectivity index (χ0n) is 15.6. The van der Waals surface area contributed by atoms with Gasteiger partial charge in [0.15, 0.2) is 5.96 Å². The standard InChI is InChI=1S/C17H30N4O3.HI/c1-5-18-15(22)17(2,3)13-21-16(20-10-12-23-4)19-9-8-14-7-6-11-24-14;/h6-7,11H,5,8-10,12-13H2,1-4H3,(H,18,22)(H2,19,20,21);1H. The number of hydrogen-bond acceptors (Lipinski definition) is 4. The summed E-state index contributed by atoms with van der Waals surface area (Å²) in [6, 6.07) is 3.81. The van der Waals surface area contributed by atoms with E-state index in [0.717, 1.165) is 12.2 Å². The molecule has 0 saturated carbocycles. The molecule has 1 heterocycles. The molecule has 7 nitrogen and oxygen atoms in total. The number of ether oxygens (including phenoxy) is 1. The summed E-state index contributed by atoms with van der Waals surface area (Å²) in [5, 5.41) is 9.29. The summed E-state index contributed by atoms with van der Waals surface area (Å²) in [6.45, 7) is 8.60. The van der Waals surface area contributed by atoms with E-state index in [-0.39, 0.29) is 29.9 Å². The fraction of sp³-hybridized carbons (Fsp3) is 0.647. The third-order valence-electron chi connectivity index (χ3n) is 3.43. The van der Waals surface area contributed by atoms with E-state index >= 15 is 0 Å². The van der Waals surface area contributed by atoms with E-state index in [9.17, 15) is 4.79 Å². The average molecular weight is 466 g/mol. The van der Waals surface area contributed by atoms with Crippen LogP contribution in [0, 0.1) is 5.41 Å². The van der Waals surface area contributed by atoms with E-state index in [2.05, 4.69) is 20.9 Å². The van der Waals surface area contributed by atoms with Gasteiger partial charge in [-0.05, 0) is 32.9 Å². The number of methoxy groups -OCH3 is 1. The number of amides is 1. The van der Waals surface area contributed by atoms with Gasteiger partial charge in [0.05, 0.1) is 24.8 Å². The largest absolute Gasteiger partial charge is 0.469 e. The number of carbonyl (C=O) groups excluding carboxylic acids is 1. The lowest BCUT2D eigenvalue weighted by atomic mass is 9.92. The summed E-state index contributed by atoms with van der Waals surface area (Å²) in [6.07, 6.45) is 2.42. The number of nitrogens with zero attached hydrogens (tertiary/aromatic N) is 1. The van der Waals surface area contributed by atoms with Crippen molar-refractivity contribution in [3.05, 3.63) is 24.2 Å². The van der Waals surface area contributed by atoms with Crippen LogP contribution in [0.25, 0.3) is 0 Å². The first-order valence-electron chi connectivity index (χ1n) is 8.31. The minimum atomic E-state index is -0.563. The third kappa shape index (κ3) is 9.69. The van der Waals surface area contributed by atoms with Gasteiger partial charge >= 0.3 is 0 Å². The van der Waals surface area contributed by atoms with Gasteiger partial charge < -0.3 is 25.1 Å². The Kier molecular flexibility index (Phi) is 12.3. The SMILES string of the molecule is CCNC(=O)C(C)(C)CN=C(NCCOC)NCCc1ccco1.I. The van der Waals surface area contributed by atoms with Crippen LogP contribution in [0.4, 0.5) is 0 Å². The van der Waals surface area contributed by atoms with Gasteiger partial charge in [-0.15, -0.1) is 24.0 Å². The Balaban J connectivity index is 0.00000576. The van der Waals surface area contributed by atoms with Crippen LogP contribution in [0.3, 0.4) is 0 Å². The van der Waals surface area contributed by atoms with Gasteiger partial charge in [-0.1, -0.05) is 0 Å². The molecule has 25 heavy (non-hydrogen) atoms. The summed E-state index contributed by atoms with van der Waals surface area (Å²) in [7, 11) is 1.65. The summed E-state index contributed by atoms with van der Waals surface area (Å²) in [5.41, 5.74) is -0.563. The van der Waals surface area contributed by atoms with Crippen molar-refractivity contribution in [1.29, 1.82) is 0 Å². The zero-order valence-corrected chi connectivity index (χ0v) is 17.9. The van der Waals surface area contributed by atoms with Crippen molar-refractivity contribution in [1.82, 2.24) is 16.0 Å². The van der Waals surface area contributed by atoms with Gasteiger partial charge in [0.2, 0.25) is 5.91 Å². The van der Waals surface area contributed by atoms with Crippen LogP contribution in [-0.2, 0) is 16.0 Å². The maximum absolute atomic E-state index is 12.1. The highest BCUT2D eigenvalue weighted by Gasteiger charge is 2.26. The maximum Gasteiger partial charge on any atom is 0.227 e. The first-order valence-corrected chi connectivity index (χ1v) is 8.31. The highest BCUT2D eigenvalue weighted by molar-refractivity contribution is 14.0. The highest BCUT2D eigenvalue weighted by Crippen LogP contribution is 2.15. The molecule has 0 aliphatic rings. The summed E-state index contributed by atoms with van der Waals surface area (Å²) < 4.78 is 10.4. The van der Waals surface area contributed by atoms with Crippen LogP contribution in [0.5, 0.6) is 0 Å². The second-order valence-corrected chi connectivity index (χ2v) is 6.08. The molecule has 144 valence electrons. The van der Waals surface area contributed by atoms with E-state index < -0.39 is 5.41 Å². The highest BCUT2D eigenvalue weighted by atomic mass is 127. The van der Waals surface area contributed by atoms with Crippen LogP contribution in [0.15, 0.2) is 27.8 Å². The molecule has 0 bridgehead atoms. The van der Waals surface area contributed by atoms with Crippen molar-refractivity contribution in [3.8, 4) is 0 Å². The maximum atomic E-state index is 12.1. The lowest BCUT2D eigenvalue weighted by molar-refractivity contribution is -0.128. The number of hydrogen-bond donors (Lipinski definition) is 3. The van der Waals surface area contributed by atoms with Crippen LogP contribution < -0.4 is 16.0 Å². The second-order valence-electron chi connectivity index (χ2n) is 6.08. The number of carbonyl (C=O) groups is 1. The lowest BCUT2D eigenvalue weighted by Crippen LogP contribution is -2.43. The third-order valence-corrected chi connectivity index (χ3v) is 3.43. The van der Waals surface area contributed by atoms with Gasteiger partial charge in [-0.25, -0.2) is 0 Å². The molecule has 0 saturated heterocycles. The molecule has 1 amide bonds. The monoisotopic (exact) mass is 466 g/mol. The van der Waals surface area contributed by atoms with Crippen LogP contribution in [-0.4, -0.2) is 51.8 Å². The van der Waals surface area contributed by atoms with E-state index in [1.807, 2.05) is 32.9 Å². The summed E-state index contributed by atoms with van der Waals surface area (Å²) >= 11 is 0. The van der Waals surface area contributed by atoms with Crippen molar-refractivity contribution in [2.75, 3.05) is 39.9 Å². The first-order chi connectivity index (χ1) is 11.5.